The Kier molecular flexibility index (Phi) is 4.97. The number of amides is 1. The van der Waals surface area contributed by atoms with Crippen molar-refractivity contribution in [2.75, 3.05) is 33.7 Å². The van der Waals surface area contributed by atoms with E-state index in [9.17, 15) is 4.79 Å². The third-order valence-corrected chi connectivity index (χ3v) is 3.79. The summed E-state index contributed by atoms with van der Waals surface area (Å²) in [5, 5.41) is 0. The van der Waals surface area contributed by atoms with E-state index in [1.54, 1.807) is 0 Å². The van der Waals surface area contributed by atoms with Gasteiger partial charge in [0.1, 0.15) is 0 Å². The Balaban J connectivity index is 1.78. The fraction of sp³-hybridized carbons (Fsp3) is 0.562. The van der Waals surface area contributed by atoms with Crippen molar-refractivity contribution >= 4 is 5.91 Å². The van der Waals surface area contributed by atoms with E-state index in [0.717, 1.165) is 38.3 Å². The molecule has 0 N–H and O–H groups in total. The number of hydrogen-bond donors (Lipinski definition) is 0. The summed E-state index contributed by atoms with van der Waals surface area (Å²) in [6.45, 7) is 2.37. The SMILES string of the molecule is CN(C)CC(=O)N1CCC(Cc2ccccc2)CC1. The lowest BCUT2D eigenvalue weighted by Gasteiger charge is -2.32. The molecule has 0 aromatic heterocycles. The number of benzene rings is 1. The van der Waals surface area contributed by atoms with Gasteiger partial charge >= 0.3 is 0 Å². The standard InChI is InChI=1S/C16H24N2O/c1-17(2)13-16(19)18-10-8-15(9-11-18)12-14-6-4-3-5-7-14/h3-7,15H,8-13H2,1-2H3. The van der Waals surface area contributed by atoms with Crippen LogP contribution in [-0.4, -0.2) is 49.4 Å². The van der Waals surface area contributed by atoms with Gasteiger partial charge < -0.3 is 9.80 Å². The summed E-state index contributed by atoms with van der Waals surface area (Å²) in [6, 6.07) is 10.7. The number of likely N-dealkylation sites (N-methyl/N-ethyl adjacent to an activating group) is 1. The van der Waals surface area contributed by atoms with E-state index in [1.807, 2.05) is 23.9 Å². The molecule has 1 aromatic rings. The van der Waals surface area contributed by atoms with E-state index in [2.05, 4.69) is 30.3 Å². The smallest absolute Gasteiger partial charge is 0.236 e. The predicted molar refractivity (Wildman–Crippen MR) is 78.0 cm³/mol. The highest BCUT2D eigenvalue weighted by molar-refractivity contribution is 5.78. The molecular formula is C16H24N2O. The molecule has 3 nitrogen and oxygen atoms in total. The zero-order chi connectivity index (χ0) is 13.7. The van der Waals surface area contributed by atoms with Crippen molar-refractivity contribution < 1.29 is 4.79 Å². The second-order valence-electron chi connectivity index (χ2n) is 5.75. The molecule has 0 bridgehead atoms. The fourth-order valence-corrected chi connectivity index (χ4v) is 2.70. The Morgan fingerprint density at radius 2 is 1.84 bits per heavy atom. The van der Waals surface area contributed by atoms with Gasteiger partial charge in [0.25, 0.3) is 0 Å². The average Bonchev–Trinajstić information content (AvgIpc) is 2.40. The van der Waals surface area contributed by atoms with E-state index in [-0.39, 0.29) is 5.91 Å². The lowest BCUT2D eigenvalue weighted by molar-refractivity contribution is -0.133. The second-order valence-corrected chi connectivity index (χ2v) is 5.75. The Hall–Kier alpha value is -1.35. The molecule has 0 unspecified atom stereocenters. The van der Waals surface area contributed by atoms with Gasteiger partial charge in [0.2, 0.25) is 5.91 Å². The molecule has 1 aliphatic heterocycles. The summed E-state index contributed by atoms with van der Waals surface area (Å²) in [4.78, 5) is 15.9. The molecule has 3 heteroatoms. The molecule has 2 rings (SSSR count). The second kappa shape index (κ2) is 6.71. The van der Waals surface area contributed by atoms with Gasteiger partial charge in [0.05, 0.1) is 6.54 Å². The van der Waals surface area contributed by atoms with Crippen LogP contribution >= 0.6 is 0 Å². The molecule has 0 spiro atoms. The number of hydrogen-bond acceptors (Lipinski definition) is 2. The van der Waals surface area contributed by atoms with Gasteiger partial charge in [-0.3, -0.25) is 4.79 Å². The van der Waals surface area contributed by atoms with Gasteiger partial charge in [0, 0.05) is 13.1 Å². The molecule has 0 aliphatic carbocycles. The first-order valence-corrected chi connectivity index (χ1v) is 7.11. The van der Waals surface area contributed by atoms with E-state index in [0.29, 0.717) is 6.54 Å². The van der Waals surface area contributed by atoms with Crippen LogP contribution in [0.3, 0.4) is 0 Å². The Morgan fingerprint density at radius 1 is 1.21 bits per heavy atom. The van der Waals surface area contributed by atoms with E-state index in [1.165, 1.54) is 5.56 Å². The molecule has 104 valence electrons. The van der Waals surface area contributed by atoms with Crippen LogP contribution in [0.5, 0.6) is 0 Å². The summed E-state index contributed by atoms with van der Waals surface area (Å²) >= 11 is 0. The van der Waals surface area contributed by atoms with Crippen LogP contribution in [0.4, 0.5) is 0 Å². The maximum atomic E-state index is 12.0. The zero-order valence-corrected chi connectivity index (χ0v) is 12.0. The van der Waals surface area contributed by atoms with E-state index >= 15 is 0 Å². The quantitative estimate of drug-likeness (QED) is 0.827. The van der Waals surface area contributed by atoms with Crippen LogP contribution in [-0.2, 0) is 11.2 Å². The number of rotatable bonds is 4. The maximum absolute atomic E-state index is 12.0. The van der Waals surface area contributed by atoms with Gasteiger partial charge in [0.15, 0.2) is 0 Å². The minimum Gasteiger partial charge on any atom is -0.342 e. The van der Waals surface area contributed by atoms with E-state index < -0.39 is 0 Å². The molecule has 19 heavy (non-hydrogen) atoms. The summed E-state index contributed by atoms with van der Waals surface area (Å²) < 4.78 is 0. The fourth-order valence-electron chi connectivity index (χ4n) is 2.70. The maximum Gasteiger partial charge on any atom is 0.236 e. The van der Waals surface area contributed by atoms with Crippen molar-refractivity contribution in [1.29, 1.82) is 0 Å². The molecule has 1 aliphatic rings. The number of likely N-dealkylation sites (tertiary alicyclic amines) is 1. The minimum absolute atomic E-state index is 0.267. The van der Waals surface area contributed by atoms with E-state index in [4.69, 9.17) is 0 Å². The van der Waals surface area contributed by atoms with Crippen LogP contribution < -0.4 is 0 Å². The first-order valence-electron chi connectivity index (χ1n) is 7.11. The Bertz CT molecular complexity index is 394. The van der Waals surface area contributed by atoms with Crippen molar-refractivity contribution in [1.82, 2.24) is 9.80 Å². The molecule has 0 radical (unpaired) electrons. The normalized spacial score (nSPS) is 16.9. The van der Waals surface area contributed by atoms with Gasteiger partial charge in [-0.2, -0.15) is 0 Å². The first kappa shape index (κ1) is 14.1. The van der Waals surface area contributed by atoms with Crippen LogP contribution in [0, 0.1) is 5.92 Å². The monoisotopic (exact) mass is 260 g/mol. The molecule has 1 fully saturated rings. The highest BCUT2D eigenvalue weighted by atomic mass is 16.2. The topological polar surface area (TPSA) is 23.6 Å². The van der Waals surface area contributed by atoms with Crippen LogP contribution in [0.25, 0.3) is 0 Å². The third-order valence-electron chi connectivity index (χ3n) is 3.79. The number of carbonyl (C=O) groups is 1. The molecule has 1 saturated heterocycles. The molecule has 0 saturated carbocycles. The summed E-state index contributed by atoms with van der Waals surface area (Å²) in [7, 11) is 3.89. The van der Waals surface area contributed by atoms with Crippen LogP contribution in [0.15, 0.2) is 30.3 Å². The number of nitrogens with zero attached hydrogens (tertiary/aromatic N) is 2. The van der Waals surface area contributed by atoms with Gasteiger partial charge in [-0.15, -0.1) is 0 Å². The average molecular weight is 260 g/mol. The molecule has 0 atom stereocenters. The largest absolute Gasteiger partial charge is 0.342 e. The lowest BCUT2D eigenvalue weighted by atomic mass is 9.90. The van der Waals surface area contributed by atoms with Crippen LogP contribution in [0.1, 0.15) is 18.4 Å². The number of piperidine rings is 1. The van der Waals surface area contributed by atoms with Crippen molar-refractivity contribution in [3.8, 4) is 0 Å². The zero-order valence-electron chi connectivity index (χ0n) is 12.0. The molecular weight excluding hydrogens is 236 g/mol. The van der Waals surface area contributed by atoms with Crippen LogP contribution in [0.2, 0.25) is 0 Å². The predicted octanol–water partition coefficient (Wildman–Crippen LogP) is 2.03. The molecule has 1 amide bonds. The summed E-state index contributed by atoms with van der Waals surface area (Å²) in [5.74, 6) is 0.994. The Morgan fingerprint density at radius 3 is 2.42 bits per heavy atom. The third kappa shape index (κ3) is 4.35. The van der Waals surface area contributed by atoms with Crippen molar-refractivity contribution in [2.45, 2.75) is 19.3 Å². The highest BCUT2D eigenvalue weighted by Gasteiger charge is 2.22. The van der Waals surface area contributed by atoms with Gasteiger partial charge in [-0.05, 0) is 44.8 Å². The van der Waals surface area contributed by atoms with Gasteiger partial charge in [-0.25, -0.2) is 0 Å². The van der Waals surface area contributed by atoms with Crippen molar-refractivity contribution in [3.05, 3.63) is 35.9 Å². The minimum atomic E-state index is 0.267. The Labute approximate surface area is 116 Å². The highest BCUT2D eigenvalue weighted by Crippen LogP contribution is 2.21. The van der Waals surface area contributed by atoms with Crippen molar-refractivity contribution in [2.24, 2.45) is 5.92 Å². The molecule has 1 heterocycles. The number of carbonyl (C=O) groups excluding carboxylic acids is 1. The summed E-state index contributed by atoms with van der Waals surface area (Å²) in [5.41, 5.74) is 1.42. The lowest BCUT2D eigenvalue weighted by Crippen LogP contribution is -2.42. The van der Waals surface area contributed by atoms with Crippen molar-refractivity contribution in [3.63, 3.8) is 0 Å². The molecule has 1 aromatic carbocycles. The summed E-state index contributed by atoms with van der Waals surface area (Å²) in [6.07, 6.45) is 3.42. The first-order chi connectivity index (χ1) is 9.15. The van der Waals surface area contributed by atoms with Gasteiger partial charge in [-0.1, -0.05) is 30.3 Å².